The average Bonchev–Trinajstić information content (AvgIpc) is 3.47. The number of amidine groups is 1. The van der Waals surface area contributed by atoms with Gasteiger partial charge in [0, 0.05) is 18.2 Å². The third-order valence-corrected chi connectivity index (χ3v) is 7.19. The molecule has 1 N–H and O–H groups in total. The maximum Gasteiger partial charge on any atom is 0.271 e. The van der Waals surface area contributed by atoms with Crippen LogP contribution >= 0.6 is 34.9 Å². The van der Waals surface area contributed by atoms with E-state index in [0.29, 0.717) is 26.6 Å². The van der Waals surface area contributed by atoms with Crippen molar-refractivity contribution in [2.75, 3.05) is 0 Å². The number of rotatable bonds is 5. The third kappa shape index (κ3) is 4.44. The van der Waals surface area contributed by atoms with Crippen LogP contribution in [0.15, 0.2) is 84.4 Å². The molecule has 11 heteroatoms. The molecule has 0 radical (unpaired) electrons. The quantitative estimate of drug-likeness (QED) is 0.217. The van der Waals surface area contributed by atoms with Gasteiger partial charge >= 0.3 is 0 Å². The Balaban J connectivity index is 1.31. The molecule has 0 aliphatic carbocycles. The number of nitro benzene ring substituents is 1. The van der Waals surface area contributed by atoms with Gasteiger partial charge in [-0.25, -0.2) is 9.98 Å². The predicted molar refractivity (Wildman–Crippen MR) is 126 cm³/mol. The third-order valence-electron chi connectivity index (χ3n) is 4.26. The maximum absolute atomic E-state index is 12.3. The lowest BCUT2D eigenvalue weighted by Gasteiger charge is -1.96. The summed E-state index contributed by atoms with van der Waals surface area (Å²) in [5, 5.41) is 14.6. The standard InChI is InChI=1S/C21H12N4O4S3/c26-19-17(30-20(24-19)22-12-4-3-5-13(10-12)25(27)28)11-14-8-9-18(29-14)32-21-23-15-6-1-2-7-16(15)31-21/h1-11H,(H,22,24,26)/b17-11-. The fourth-order valence-electron chi connectivity index (χ4n) is 2.85. The molecule has 4 aromatic rings. The molecule has 32 heavy (non-hydrogen) atoms. The van der Waals surface area contributed by atoms with E-state index in [4.69, 9.17) is 4.42 Å². The van der Waals surface area contributed by atoms with Crippen LogP contribution in [0.5, 0.6) is 0 Å². The van der Waals surface area contributed by atoms with Gasteiger partial charge < -0.3 is 9.73 Å². The summed E-state index contributed by atoms with van der Waals surface area (Å²) in [5.74, 6) is 0.221. The van der Waals surface area contributed by atoms with E-state index in [1.54, 1.807) is 35.6 Å². The minimum Gasteiger partial charge on any atom is -0.450 e. The number of furan rings is 1. The highest BCUT2D eigenvalue weighted by molar-refractivity contribution is 8.18. The minimum atomic E-state index is -0.490. The van der Waals surface area contributed by atoms with Crippen molar-refractivity contribution >= 4 is 73.6 Å². The van der Waals surface area contributed by atoms with Gasteiger partial charge in [-0.05, 0) is 53.9 Å². The first-order valence-electron chi connectivity index (χ1n) is 9.21. The van der Waals surface area contributed by atoms with E-state index in [0.717, 1.165) is 26.3 Å². The van der Waals surface area contributed by atoms with Crippen LogP contribution in [0.2, 0.25) is 0 Å². The molecule has 0 atom stereocenters. The lowest BCUT2D eigenvalue weighted by Crippen LogP contribution is -2.19. The number of non-ortho nitro benzene ring substituents is 1. The van der Waals surface area contributed by atoms with E-state index in [1.165, 1.54) is 23.9 Å². The highest BCUT2D eigenvalue weighted by Gasteiger charge is 2.24. The summed E-state index contributed by atoms with van der Waals surface area (Å²) in [5.41, 5.74) is 1.27. The van der Waals surface area contributed by atoms with Crippen LogP contribution in [0.3, 0.4) is 0 Å². The number of carbonyl (C=O) groups excluding carboxylic acids is 1. The van der Waals surface area contributed by atoms with Crippen molar-refractivity contribution < 1.29 is 14.1 Å². The van der Waals surface area contributed by atoms with Gasteiger partial charge in [0.2, 0.25) is 0 Å². The Bertz CT molecular complexity index is 1390. The predicted octanol–water partition coefficient (Wildman–Crippen LogP) is 5.84. The minimum absolute atomic E-state index is 0.0642. The number of fused-ring (bicyclic) bond motifs is 1. The van der Waals surface area contributed by atoms with Crippen molar-refractivity contribution in [1.29, 1.82) is 0 Å². The molecule has 2 aromatic carbocycles. The Hall–Kier alpha value is -3.41. The Kier molecular flexibility index (Phi) is 5.52. The lowest BCUT2D eigenvalue weighted by molar-refractivity contribution is -0.384. The number of carbonyl (C=O) groups is 1. The number of nitrogens with one attached hydrogen (secondary N) is 1. The van der Waals surface area contributed by atoms with Gasteiger partial charge in [0.25, 0.3) is 11.6 Å². The van der Waals surface area contributed by atoms with Crippen molar-refractivity contribution in [3.8, 4) is 0 Å². The van der Waals surface area contributed by atoms with Gasteiger partial charge in [-0.15, -0.1) is 11.3 Å². The number of thiazole rings is 1. The second kappa shape index (κ2) is 8.61. The summed E-state index contributed by atoms with van der Waals surface area (Å²) in [7, 11) is 0. The fraction of sp³-hybridized carbons (Fsp3) is 0. The Morgan fingerprint density at radius 2 is 2.03 bits per heavy atom. The number of hydrogen-bond acceptors (Lipinski definition) is 9. The van der Waals surface area contributed by atoms with Gasteiger partial charge in [-0.3, -0.25) is 14.9 Å². The van der Waals surface area contributed by atoms with Crippen molar-refractivity contribution in [3.05, 3.63) is 81.4 Å². The number of aromatic nitrogens is 1. The van der Waals surface area contributed by atoms with Crippen LogP contribution < -0.4 is 5.32 Å². The molecule has 1 aliphatic rings. The zero-order chi connectivity index (χ0) is 22.1. The molecule has 5 rings (SSSR count). The Labute approximate surface area is 193 Å². The number of nitrogens with zero attached hydrogens (tertiary/aromatic N) is 3. The SMILES string of the molecule is O=C1NC(=Nc2cccc([N+](=O)[O-])c2)S/C1=C\c1ccc(Sc2nc3ccccc3s2)o1. The summed E-state index contributed by atoms with van der Waals surface area (Å²) in [6.45, 7) is 0. The fourth-order valence-corrected chi connectivity index (χ4v) is 5.64. The van der Waals surface area contributed by atoms with Crippen LogP contribution in [0.1, 0.15) is 5.76 Å². The highest BCUT2D eigenvalue weighted by Crippen LogP contribution is 2.36. The molecule has 1 saturated heterocycles. The molecule has 158 valence electrons. The number of amides is 1. The van der Waals surface area contributed by atoms with E-state index in [9.17, 15) is 14.9 Å². The highest BCUT2D eigenvalue weighted by atomic mass is 32.2. The number of para-hydroxylation sites is 1. The van der Waals surface area contributed by atoms with Crippen molar-refractivity contribution in [1.82, 2.24) is 10.3 Å². The summed E-state index contributed by atoms with van der Waals surface area (Å²) >= 11 is 4.16. The van der Waals surface area contributed by atoms with Gasteiger partial charge in [-0.1, -0.05) is 18.2 Å². The molecule has 1 fully saturated rings. The number of benzene rings is 2. The molecule has 2 aromatic heterocycles. The monoisotopic (exact) mass is 480 g/mol. The van der Waals surface area contributed by atoms with Crippen LogP contribution in [-0.4, -0.2) is 21.0 Å². The van der Waals surface area contributed by atoms with E-state index < -0.39 is 4.92 Å². The average molecular weight is 481 g/mol. The molecule has 0 unspecified atom stereocenters. The van der Waals surface area contributed by atoms with Gasteiger partial charge in [0.15, 0.2) is 14.6 Å². The lowest BCUT2D eigenvalue weighted by atomic mass is 10.3. The summed E-state index contributed by atoms with van der Waals surface area (Å²) < 4.78 is 7.82. The van der Waals surface area contributed by atoms with E-state index in [-0.39, 0.29) is 11.6 Å². The number of hydrogen-bond donors (Lipinski definition) is 1. The molecule has 0 spiro atoms. The topological polar surface area (TPSA) is 111 Å². The number of aliphatic imine (C=N–C) groups is 1. The summed E-state index contributed by atoms with van der Waals surface area (Å²) in [6, 6.07) is 17.5. The first-order valence-corrected chi connectivity index (χ1v) is 11.7. The molecule has 3 heterocycles. The van der Waals surface area contributed by atoms with Crippen LogP contribution in [0.25, 0.3) is 16.3 Å². The number of thioether (sulfide) groups is 1. The van der Waals surface area contributed by atoms with E-state index in [2.05, 4.69) is 15.3 Å². The zero-order valence-electron chi connectivity index (χ0n) is 16.1. The molecule has 1 aliphatic heterocycles. The molecule has 0 saturated carbocycles. The van der Waals surface area contributed by atoms with Crippen molar-refractivity contribution in [3.63, 3.8) is 0 Å². The van der Waals surface area contributed by atoms with Crippen LogP contribution in [-0.2, 0) is 4.79 Å². The van der Waals surface area contributed by atoms with Crippen LogP contribution in [0, 0.1) is 10.1 Å². The molecular formula is C21H12N4O4S3. The normalized spacial score (nSPS) is 16.2. The summed E-state index contributed by atoms with van der Waals surface area (Å²) in [4.78, 5) is 32.0. The molecule has 8 nitrogen and oxygen atoms in total. The van der Waals surface area contributed by atoms with Gasteiger partial charge in [0.1, 0.15) is 5.76 Å². The summed E-state index contributed by atoms with van der Waals surface area (Å²) in [6.07, 6.45) is 1.64. The zero-order valence-corrected chi connectivity index (χ0v) is 18.5. The number of nitro groups is 1. The van der Waals surface area contributed by atoms with Crippen molar-refractivity contribution in [2.24, 2.45) is 4.99 Å². The Morgan fingerprint density at radius 1 is 1.16 bits per heavy atom. The first kappa shape index (κ1) is 20.5. The second-order valence-corrected chi connectivity index (χ2v) is 9.78. The maximum atomic E-state index is 12.3. The van der Waals surface area contributed by atoms with Gasteiger partial charge in [-0.2, -0.15) is 0 Å². The molecule has 0 bridgehead atoms. The van der Waals surface area contributed by atoms with Gasteiger partial charge in [0.05, 0.1) is 25.7 Å². The van der Waals surface area contributed by atoms with Crippen molar-refractivity contribution in [2.45, 2.75) is 9.43 Å². The van der Waals surface area contributed by atoms with E-state index >= 15 is 0 Å². The molecular weight excluding hydrogens is 468 g/mol. The largest absolute Gasteiger partial charge is 0.450 e. The smallest absolute Gasteiger partial charge is 0.271 e. The Morgan fingerprint density at radius 3 is 2.88 bits per heavy atom. The molecule has 1 amide bonds. The second-order valence-electron chi connectivity index (χ2n) is 6.47. The van der Waals surface area contributed by atoms with Crippen LogP contribution in [0.4, 0.5) is 11.4 Å². The van der Waals surface area contributed by atoms with E-state index in [1.807, 2.05) is 30.3 Å². The first-order chi connectivity index (χ1) is 15.5.